The van der Waals surface area contributed by atoms with Crippen LogP contribution in [0.4, 0.5) is 4.39 Å². The molecule has 0 spiro atoms. The molecule has 1 atom stereocenters. The fourth-order valence-corrected chi connectivity index (χ4v) is 2.04. The summed E-state index contributed by atoms with van der Waals surface area (Å²) in [5, 5.41) is 0. The maximum absolute atomic E-state index is 13.8. The maximum atomic E-state index is 13.8. The summed E-state index contributed by atoms with van der Waals surface area (Å²) in [6.07, 6.45) is 3.44. The van der Waals surface area contributed by atoms with Gasteiger partial charge in [-0.05, 0) is 41.8 Å². The van der Waals surface area contributed by atoms with Gasteiger partial charge in [0.25, 0.3) is 0 Å². The summed E-state index contributed by atoms with van der Waals surface area (Å²) in [6.45, 7) is 1.94. The van der Waals surface area contributed by atoms with E-state index < -0.39 is 5.82 Å². The molecule has 0 radical (unpaired) electrons. The van der Waals surface area contributed by atoms with Crippen LogP contribution < -0.4 is 16.0 Å². The largest absolute Gasteiger partial charge is 0.494 e. The number of methoxy groups -OCH3 is 1. The first-order chi connectivity index (χ1) is 9.17. The zero-order valence-electron chi connectivity index (χ0n) is 10.9. The Bertz CT molecular complexity index is 574. The minimum atomic E-state index is -0.410. The van der Waals surface area contributed by atoms with Crippen LogP contribution in [0, 0.1) is 12.7 Å². The number of pyridine rings is 1. The van der Waals surface area contributed by atoms with E-state index in [2.05, 4.69) is 10.4 Å². The predicted molar refractivity (Wildman–Crippen MR) is 71.1 cm³/mol. The summed E-state index contributed by atoms with van der Waals surface area (Å²) in [4.78, 5) is 4.04. The smallest absolute Gasteiger partial charge is 0.165 e. The maximum Gasteiger partial charge on any atom is 0.165 e. The van der Waals surface area contributed by atoms with Crippen molar-refractivity contribution in [2.24, 2.45) is 5.84 Å². The number of rotatable bonds is 4. The van der Waals surface area contributed by atoms with Gasteiger partial charge in [0.2, 0.25) is 0 Å². The van der Waals surface area contributed by atoms with Gasteiger partial charge < -0.3 is 4.74 Å². The van der Waals surface area contributed by atoms with Crippen LogP contribution in [0.3, 0.4) is 0 Å². The molecule has 0 fully saturated rings. The summed E-state index contributed by atoms with van der Waals surface area (Å²) >= 11 is 0. The molecule has 0 aliphatic heterocycles. The van der Waals surface area contributed by atoms with E-state index in [4.69, 9.17) is 10.6 Å². The van der Waals surface area contributed by atoms with Crippen molar-refractivity contribution >= 4 is 0 Å². The van der Waals surface area contributed by atoms with Crippen molar-refractivity contribution in [3.63, 3.8) is 0 Å². The second kappa shape index (κ2) is 5.77. The fourth-order valence-electron chi connectivity index (χ4n) is 2.04. The zero-order valence-corrected chi connectivity index (χ0v) is 10.9. The number of nitrogens with one attached hydrogen (secondary N) is 1. The van der Waals surface area contributed by atoms with Gasteiger partial charge in [0.1, 0.15) is 0 Å². The third kappa shape index (κ3) is 2.72. The van der Waals surface area contributed by atoms with E-state index >= 15 is 0 Å². The number of nitrogens with two attached hydrogens (primary N) is 1. The minimum absolute atomic E-state index is 0.214. The van der Waals surface area contributed by atoms with Crippen LogP contribution in [0.1, 0.15) is 22.7 Å². The summed E-state index contributed by atoms with van der Waals surface area (Å²) in [5.74, 6) is 5.41. The van der Waals surface area contributed by atoms with Gasteiger partial charge in [-0.3, -0.25) is 10.8 Å². The Labute approximate surface area is 111 Å². The molecule has 3 N–H and O–H groups in total. The van der Waals surface area contributed by atoms with Crippen molar-refractivity contribution in [2.45, 2.75) is 13.0 Å². The van der Waals surface area contributed by atoms with Crippen molar-refractivity contribution < 1.29 is 9.13 Å². The molecule has 1 aromatic heterocycles. The number of ether oxygens (including phenoxy) is 1. The number of hydrogen-bond donors (Lipinski definition) is 2. The van der Waals surface area contributed by atoms with Crippen molar-refractivity contribution in [2.75, 3.05) is 7.11 Å². The Balaban J connectivity index is 2.43. The molecule has 4 nitrogen and oxygen atoms in total. The third-order valence-electron chi connectivity index (χ3n) is 3.05. The standard InChI is InChI=1S/C14H16FN3O/c1-9-8-17-6-5-11(9)14(18-16)10-3-4-13(19-2)12(15)7-10/h3-8,14,18H,16H2,1-2H3. The summed E-state index contributed by atoms with van der Waals surface area (Å²) < 4.78 is 18.7. The molecule has 100 valence electrons. The second-order valence-corrected chi connectivity index (χ2v) is 4.23. The van der Waals surface area contributed by atoms with Gasteiger partial charge in [-0.2, -0.15) is 0 Å². The Kier molecular flexibility index (Phi) is 4.09. The molecule has 1 unspecified atom stereocenters. The SMILES string of the molecule is COc1ccc(C(NN)c2ccncc2C)cc1F. The molecule has 0 saturated heterocycles. The molecule has 1 heterocycles. The Morgan fingerprint density at radius 3 is 2.74 bits per heavy atom. The van der Waals surface area contributed by atoms with Crippen LogP contribution in [-0.4, -0.2) is 12.1 Å². The van der Waals surface area contributed by atoms with Crippen LogP contribution in [0.25, 0.3) is 0 Å². The van der Waals surface area contributed by atoms with Crippen LogP contribution in [0.2, 0.25) is 0 Å². The van der Waals surface area contributed by atoms with Gasteiger partial charge >= 0.3 is 0 Å². The van der Waals surface area contributed by atoms with Crippen LogP contribution in [-0.2, 0) is 0 Å². The van der Waals surface area contributed by atoms with Crippen LogP contribution in [0.5, 0.6) is 5.75 Å². The lowest BCUT2D eigenvalue weighted by molar-refractivity contribution is 0.385. The summed E-state index contributed by atoms with van der Waals surface area (Å²) in [7, 11) is 1.43. The average molecular weight is 261 g/mol. The van der Waals surface area contributed by atoms with Gasteiger partial charge in [0, 0.05) is 12.4 Å². The van der Waals surface area contributed by atoms with Crippen molar-refractivity contribution in [1.82, 2.24) is 10.4 Å². The molecule has 0 bridgehead atoms. The number of nitrogens with zero attached hydrogens (tertiary/aromatic N) is 1. The Morgan fingerprint density at radius 1 is 1.37 bits per heavy atom. The van der Waals surface area contributed by atoms with Crippen molar-refractivity contribution in [1.29, 1.82) is 0 Å². The molecule has 5 heteroatoms. The predicted octanol–water partition coefficient (Wildman–Crippen LogP) is 2.09. The van der Waals surface area contributed by atoms with Gasteiger partial charge in [0.05, 0.1) is 13.2 Å². The molecule has 0 aliphatic carbocycles. The number of hydrogen-bond acceptors (Lipinski definition) is 4. The highest BCUT2D eigenvalue weighted by atomic mass is 19.1. The number of aryl methyl sites for hydroxylation is 1. The van der Waals surface area contributed by atoms with Crippen molar-refractivity contribution in [3.8, 4) is 5.75 Å². The molecular weight excluding hydrogens is 245 g/mol. The second-order valence-electron chi connectivity index (χ2n) is 4.23. The van der Waals surface area contributed by atoms with E-state index in [0.717, 1.165) is 16.7 Å². The van der Waals surface area contributed by atoms with Gasteiger partial charge in [-0.15, -0.1) is 0 Å². The molecule has 0 saturated carbocycles. The first-order valence-corrected chi connectivity index (χ1v) is 5.87. The molecule has 0 amide bonds. The van der Waals surface area contributed by atoms with Gasteiger partial charge in [0.15, 0.2) is 11.6 Å². The Hall–Kier alpha value is -1.98. The van der Waals surface area contributed by atoms with E-state index in [1.54, 1.807) is 24.5 Å². The zero-order chi connectivity index (χ0) is 13.8. The van der Waals surface area contributed by atoms with E-state index in [9.17, 15) is 4.39 Å². The van der Waals surface area contributed by atoms with Gasteiger partial charge in [-0.1, -0.05) is 6.07 Å². The quantitative estimate of drug-likeness (QED) is 0.653. The molecular formula is C14H16FN3O. The van der Waals surface area contributed by atoms with E-state index in [0.29, 0.717) is 0 Å². The number of benzene rings is 1. The van der Waals surface area contributed by atoms with E-state index in [1.807, 2.05) is 13.0 Å². The molecule has 2 aromatic rings. The molecule has 19 heavy (non-hydrogen) atoms. The Morgan fingerprint density at radius 2 is 2.16 bits per heavy atom. The van der Waals surface area contributed by atoms with E-state index in [1.165, 1.54) is 13.2 Å². The average Bonchev–Trinajstić information content (AvgIpc) is 2.42. The molecule has 0 aliphatic rings. The third-order valence-corrected chi connectivity index (χ3v) is 3.05. The number of aromatic nitrogens is 1. The first-order valence-electron chi connectivity index (χ1n) is 5.87. The van der Waals surface area contributed by atoms with Gasteiger partial charge in [-0.25, -0.2) is 9.82 Å². The molecule has 1 aromatic carbocycles. The highest BCUT2D eigenvalue weighted by molar-refractivity contribution is 5.38. The number of halogens is 1. The highest BCUT2D eigenvalue weighted by Gasteiger charge is 2.16. The van der Waals surface area contributed by atoms with Crippen LogP contribution >= 0.6 is 0 Å². The highest BCUT2D eigenvalue weighted by Crippen LogP contribution is 2.27. The lowest BCUT2D eigenvalue weighted by Crippen LogP contribution is -2.29. The fraction of sp³-hybridized carbons (Fsp3) is 0.214. The van der Waals surface area contributed by atoms with Crippen LogP contribution in [0.15, 0.2) is 36.7 Å². The first kappa shape index (κ1) is 13.5. The topological polar surface area (TPSA) is 60.2 Å². The summed E-state index contributed by atoms with van der Waals surface area (Å²) in [5.41, 5.74) is 5.38. The van der Waals surface area contributed by atoms with E-state index in [-0.39, 0.29) is 11.8 Å². The minimum Gasteiger partial charge on any atom is -0.494 e. The monoisotopic (exact) mass is 261 g/mol. The number of hydrazine groups is 1. The van der Waals surface area contributed by atoms with Crippen molar-refractivity contribution in [3.05, 3.63) is 59.2 Å². The summed E-state index contributed by atoms with van der Waals surface area (Å²) in [6, 6.07) is 6.37. The molecule has 2 rings (SSSR count). The normalized spacial score (nSPS) is 12.2. The lowest BCUT2D eigenvalue weighted by atomic mass is 9.97. The lowest BCUT2D eigenvalue weighted by Gasteiger charge is -2.19.